The summed E-state index contributed by atoms with van der Waals surface area (Å²) >= 11 is 0. The third kappa shape index (κ3) is 4.52. The van der Waals surface area contributed by atoms with E-state index >= 15 is 0 Å². The first-order valence-corrected chi connectivity index (χ1v) is 9.54. The molecule has 0 aromatic carbocycles. The second kappa shape index (κ2) is 8.49. The molecule has 5 nitrogen and oxygen atoms in total. The Labute approximate surface area is 156 Å². The molecule has 1 saturated heterocycles. The Morgan fingerprint density at radius 3 is 2.65 bits per heavy atom. The van der Waals surface area contributed by atoms with Gasteiger partial charge in [-0.2, -0.15) is 0 Å². The summed E-state index contributed by atoms with van der Waals surface area (Å²) in [7, 11) is 0. The van der Waals surface area contributed by atoms with Gasteiger partial charge in [0.2, 0.25) is 0 Å². The number of rotatable bonds is 5. The van der Waals surface area contributed by atoms with Gasteiger partial charge in [-0.3, -0.25) is 4.90 Å². The fourth-order valence-electron chi connectivity index (χ4n) is 3.47. The minimum atomic E-state index is -0.277. The van der Waals surface area contributed by atoms with Gasteiger partial charge in [0.05, 0.1) is 6.10 Å². The second-order valence-corrected chi connectivity index (χ2v) is 7.30. The van der Waals surface area contributed by atoms with Gasteiger partial charge in [-0.05, 0) is 50.8 Å². The zero-order valence-electron chi connectivity index (χ0n) is 16.1. The molecule has 5 heteroatoms. The van der Waals surface area contributed by atoms with Crippen LogP contribution in [0.25, 0.3) is 0 Å². The van der Waals surface area contributed by atoms with Gasteiger partial charge in [-0.25, -0.2) is 9.78 Å². The molecule has 0 radical (unpaired) electrons. The number of hydrogen-bond acceptors (Lipinski definition) is 5. The number of aromatic nitrogens is 1. The standard InChI is InChI=1S/C21H29N3O2/c1-16(2)26-21(25)19-17(3)9-10-22-20(19)24-13-11-23(12-14-24)15-18-7-5-4-6-8-18/h5,7-10,16H,4,6,11-15H2,1-3H3. The number of carbonyl (C=O) groups is 1. The van der Waals surface area contributed by atoms with Crippen LogP contribution in [-0.4, -0.2) is 54.7 Å². The third-order valence-electron chi connectivity index (χ3n) is 4.84. The maximum Gasteiger partial charge on any atom is 0.342 e. The normalized spacial score (nSPS) is 18.2. The molecule has 140 valence electrons. The van der Waals surface area contributed by atoms with E-state index in [4.69, 9.17) is 4.74 Å². The highest BCUT2D eigenvalue weighted by molar-refractivity contribution is 5.96. The first-order chi connectivity index (χ1) is 12.5. The van der Waals surface area contributed by atoms with Crippen molar-refractivity contribution < 1.29 is 9.53 Å². The number of esters is 1. The Kier molecular flexibility index (Phi) is 6.09. The van der Waals surface area contributed by atoms with Gasteiger partial charge in [-0.1, -0.05) is 18.2 Å². The van der Waals surface area contributed by atoms with E-state index in [-0.39, 0.29) is 12.1 Å². The summed E-state index contributed by atoms with van der Waals surface area (Å²) in [5.74, 6) is 0.479. The number of nitrogens with zero attached hydrogens (tertiary/aromatic N) is 3. The average molecular weight is 355 g/mol. The first kappa shape index (κ1) is 18.6. The van der Waals surface area contributed by atoms with E-state index in [9.17, 15) is 4.79 Å². The summed E-state index contributed by atoms with van der Waals surface area (Å²) in [5.41, 5.74) is 2.94. The van der Waals surface area contributed by atoms with Crippen LogP contribution in [-0.2, 0) is 4.74 Å². The van der Waals surface area contributed by atoms with Gasteiger partial charge < -0.3 is 9.64 Å². The van der Waals surface area contributed by atoms with Crippen molar-refractivity contribution in [2.24, 2.45) is 0 Å². The average Bonchev–Trinajstić information content (AvgIpc) is 2.62. The molecule has 0 spiro atoms. The zero-order valence-corrected chi connectivity index (χ0v) is 16.1. The van der Waals surface area contributed by atoms with Crippen LogP contribution in [0.2, 0.25) is 0 Å². The maximum atomic E-state index is 12.6. The van der Waals surface area contributed by atoms with Crippen molar-refractivity contribution in [3.8, 4) is 0 Å². The van der Waals surface area contributed by atoms with E-state index in [1.165, 1.54) is 5.57 Å². The van der Waals surface area contributed by atoms with Gasteiger partial charge in [0.1, 0.15) is 11.4 Å². The van der Waals surface area contributed by atoms with Crippen molar-refractivity contribution in [1.82, 2.24) is 9.88 Å². The Hall–Kier alpha value is -2.14. The Morgan fingerprint density at radius 2 is 2.00 bits per heavy atom. The highest BCUT2D eigenvalue weighted by atomic mass is 16.5. The zero-order chi connectivity index (χ0) is 18.5. The lowest BCUT2D eigenvalue weighted by atomic mass is 10.1. The Balaban J connectivity index is 1.67. The minimum absolute atomic E-state index is 0.136. The van der Waals surface area contributed by atoms with Gasteiger partial charge in [-0.15, -0.1) is 0 Å². The largest absolute Gasteiger partial charge is 0.459 e. The summed E-state index contributed by atoms with van der Waals surface area (Å²) < 4.78 is 5.44. The SMILES string of the molecule is Cc1ccnc(N2CCN(CC3=CCCC=C3)CC2)c1C(=O)OC(C)C. The molecule has 1 fully saturated rings. The summed E-state index contributed by atoms with van der Waals surface area (Å²) in [6, 6.07) is 1.87. The van der Waals surface area contributed by atoms with E-state index in [1.54, 1.807) is 6.20 Å². The molecule has 0 bridgehead atoms. The van der Waals surface area contributed by atoms with Gasteiger partial charge in [0.25, 0.3) is 0 Å². The molecule has 3 rings (SSSR count). The van der Waals surface area contributed by atoms with Crippen LogP contribution in [0, 0.1) is 6.92 Å². The van der Waals surface area contributed by atoms with Crippen molar-refractivity contribution in [2.75, 3.05) is 37.6 Å². The Bertz CT molecular complexity index is 701. The summed E-state index contributed by atoms with van der Waals surface area (Å²) in [6.07, 6.45) is 10.8. The molecular formula is C21H29N3O2. The van der Waals surface area contributed by atoms with Crippen molar-refractivity contribution in [3.05, 3.63) is 47.2 Å². The highest BCUT2D eigenvalue weighted by Crippen LogP contribution is 2.24. The van der Waals surface area contributed by atoms with Crippen molar-refractivity contribution >= 4 is 11.8 Å². The quantitative estimate of drug-likeness (QED) is 0.758. The van der Waals surface area contributed by atoms with Gasteiger partial charge in [0.15, 0.2) is 0 Å². The number of aryl methyl sites for hydroxylation is 1. The number of piperazine rings is 1. The maximum absolute atomic E-state index is 12.6. The number of allylic oxidation sites excluding steroid dienone is 2. The van der Waals surface area contributed by atoms with E-state index in [1.807, 2.05) is 26.8 Å². The van der Waals surface area contributed by atoms with Crippen LogP contribution in [0.1, 0.15) is 42.6 Å². The van der Waals surface area contributed by atoms with E-state index in [2.05, 4.69) is 33.0 Å². The molecule has 26 heavy (non-hydrogen) atoms. The fourth-order valence-corrected chi connectivity index (χ4v) is 3.47. The molecule has 0 unspecified atom stereocenters. The number of hydrogen-bond donors (Lipinski definition) is 0. The molecule has 1 aliphatic carbocycles. The first-order valence-electron chi connectivity index (χ1n) is 9.54. The summed E-state index contributed by atoms with van der Waals surface area (Å²) in [6.45, 7) is 10.4. The van der Waals surface area contributed by atoms with Crippen LogP contribution in [0.4, 0.5) is 5.82 Å². The van der Waals surface area contributed by atoms with E-state index < -0.39 is 0 Å². The lowest BCUT2D eigenvalue weighted by molar-refractivity contribution is 0.0377. The van der Waals surface area contributed by atoms with E-state index in [0.29, 0.717) is 5.56 Å². The molecule has 2 aliphatic rings. The topological polar surface area (TPSA) is 45.7 Å². The molecular weight excluding hydrogens is 326 g/mol. The van der Waals surface area contributed by atoms with E-state index in [0.717, 1.165) is 56.9 Å². The van der Waals surface area contributed by atoms with Gasteiger partial charge in [0, 0.05) is 38.9 Å². The second-order valence-electron chi connectivity index (χ2n) is 7.30. The van der Waals surface area contributed by atoms with Crippen molar-refractivity contribution in [2.45, 2.75) is 39.7 Å². The molecule has 1 aromatic heterocycles. The lowest BCUT2D eigenvalue weighted by Gasteiger charge is -2.36. The Morgan fingerprint density at radius 1 is 1.23 bits per heavy atom. The lowest BCUT2D eigenvalue weighted by Crippen LogP contribution is -2.47. The van der Waals surface area contributed by atoms with Crippen LogP contribution < -0.4 is 4.90 Å². The molecule has 2 heterocycles. The van der Waals surface area contributed by atoms with Gasteiger partial charge >= 0.3 is 5.97 Å². The summed E-state index contributed by atoms with van der Waals surface area (Å²) in [4.78, 5) is 21.8. The predicted molar refractivity (Wildman–Crippen MR) is 105 cm³/mol. The number of carbonyl (C=O) groups excluding carboxylic acids is 1. The fraction of sp³-hybridized carbons (Fsp3) is 0.524. The third-order valence-corrected chi connectivity index (χ3v) is 4.84. The highest BCUT2D eigenvalue weighted by Gasteiger charge is 2.25. The minimum Gasteiger partial charge on any atom is -0.459 e. The predicted octanol–water partition coefficient (Wildman–Crippen LogP) is 3.35. The van der Waals surface area contributed by atoms with Crippen molar-refractivity contribution in [3.63, 3.8) is 0 Å². The molecule has 1 aromatic rings. The molecule has 0 saturated carbocycles. The molecule has 0 atom stereocenters. The van der Waals surface area contributed by atoms with Crippen LogP contribution >= 0.6 is 0 Å². The smallest absolute Gasteiger partial charge is 0.342 e. The number of anilines is 1. The molecule has 0 amide bonds. The van der Waals surface area contributed by atoms with Crippen LogP contribution in [0.3, 0.4) is 0 Å². The monoisotopic (exact) mass is 355 g/mol. The number of pyridine rings is 1. The van der Waals surface area contributed by atoms with Crippen LogP contribution in [0.15, 0.2) is 36.1 Å². The summed E-state index contributed by atoms with van der Waals surface area (Å²) in [5, 5.41) is 0. The van der Waals surface area contributed by atoms with Crippen molar-refractivity contribution in [1.29, 1.82) is 0 Å². The number of ether oxygens (including phenoxy) is 1. The van der Waals surface area contributed by atoms with Crippen LogP contribution in [0.5, 0.6) is 0 Å². The molecule has 0 N–H and O–H groups in total. The molecule has 1 aliphatic heterocycles.